The van der Waals surface area contributed by atoms with Gasteiger partial charge in [0.2, 0.25) is 0 Å². The summed E-state index contributed by atoms with van der Waals surface area (Å²) in [6.45, 7) is 2.03. The molecule has 0 spiro atoms. The number of ether oxygens (including phenoxy) is 1. The Morgan fingerprint density at radius 3 is 2.90 bits per heavy atom. The maximum Gasteiger partial charge on any atom is 0.342 e. The van der Waals surface area contributed by atoms with Gasteiger partial charge in [-0.2, -0.15) is 9.40 Å². The standard InChI is InChI=1S/C12H15N3O4S2/c1-3-19-12(16)10-7-13-14-11(10)21(17,18)15(2)8-9-5-4-6-20-9/h4-7H,3,8H2,1-2H3,(H,13,14). The lowest BCUT2D eigenvalue weighted by Gasteiger charge is -2.15. The number of thiophene rings is 1. The molecule has 0 bridgehead atoms. The average Bonchev–Trinajstić information content (AvgIpc) is 3.09. The first-order valence-electron chi connectivity index (χ1n) is 6.16. The first-order chi connectivity index (χ1) is 9.96. The minimum Gasteiger partial charge on any atom is -0.462 e. The molecule has 0 atom stereocenters. The van der Waals surface area contributed by atoms with Gasteiger partial charge in [0.1, 0.15) is 5.56 Å². The van der Waals surface area contributed by atoms with Crippen LogP contribution in [-0.4, -0.2) is 42.5 Å². The number of carbonyl (C=O) groups excluding carboxylic acids is 1. The number of aromatic amines is 1. The lowest BCUT2D eigenvalue weighted by Crippen LogP contribution is -2.28. The zero-order valence-electron chi connectivity index (χ0n) is 11.6. The largest absolute Gasteiger partial charge is 0.462 e. The zero-order chi connectivity index (χ0) is 15.5. The van der Waals surface area contributed by atoms with Crippen molar-refractivity contribution in [1.29, 1.82) is 0 Å². The molecule has 2 rings (SSSR count). The number of esters is 1. The van der Waals surface area contributed by atoms with Crippen molar-refractivity contribution in [2.75, 3.05) is 13.7 Å². The van der Waals surface area contributed by atoms with Gasteiger partial charge in [0.15, 0.2) is 5.03 Å². The molecule has 9 heteroatoms. The van der Waals surface area contributed by atoms with E-state index in [9.17, 15) is 13.2 Å². The molecule has 0 fully saturated rings. The van der Waals surface area contributed by atoms with Gasteiger partial charge >= 0.3 is 5.97 Å². The molecule has 0 aliphatic carbocycles. The summed E-state index contributed by atoms with van der Waals surface area (Å²) in [5.74, 6) is -0.714. The smallest absolute Gasteiger partial charge is 0.342 e. The van der Waals surface area contributed by atoms with E-state index in [2.05, 4.69) is 10.2 Å². The van der Waals surface area contributed by atoms with E-state index in [1.165, 1.54) is 18.4 Å². The van der Waals surface area contributed by atoms with E-state index in [4.69, 9.17) is 4.74 Å². The van der Waals surface area contributed by atoms with Crippen LogP contribution in [0.5, 0.6) is 0 Å². The summed E-state index contributed by atoms with van der Waals surface area (Å²) in [7, 11) is -2.40. The Morgan fingerprint density at radius 2 is 2.29 bits per heavy atom. The van der Waals surface area contributed by atoms with Crippen LogP contribution in [0.15, 0.2) is 28.7 Å². The first-order valence-corrected chi connectivity index (χ1v) is 8.48. The van der Waals surface area contributed by atoms with Crippen LogP contribution < -0.4 is 0 Å². The third-order valence-electron chi connectivity index (χ3n) is 2.73. The van der Waals surface area contributed by atoms with E-state index in [1.54, 1.807) is 6.92 Å². The van der Waals surface area contributed by atoms with Crippen molar-refractivity contribution in [1.82, 2.24) is 14.5 Å². The van der Waals surface area contributed by atoms with Crippen LogP contribution in [0.1, 0.15) is 22.2 Å². The number of nitrogens with zero attached hydrogens (tertiary/aromatic N) is 2. The second kappa shape index (κ2) is 6.37. The Hall–Kier alpha value is -1.71. The van der Waals surface area contributed by atoms with E-state index in [1.807, 2.05) is 17.5 Å². The van der Waals surface area contributed by atoms with Gasteiger partial charge in [-0.3, -0.25) is 5.10 Å². The fraction of sp³-hybridized carbons (Fsp3) is 0.333. The fourth-order valence-corrected chi connectivity index (χ4v) is 3.73. The normalized spacial score (nSPS) is 11.8. The van der Waals surface area contributed by atoms with Crippen molar-refractivity contribution < 1.29 is 17.9 Å². The van der Waals surface area contributed by atoms with E-state index < -0.39 is 16.0 Å². The minimum absolute atomic E-state index is 0.0881. The Kier molecular flexibility index (Phi) is 4.76. The van der Waals surface area contributed by atoms with E-state index in [-0.39, 0.29) is 23.7 Å². The second-order valence-corrected chi connectivity index (χ2v) is 7.19. The summed E-state index contributed by atoms with van der Waals surface area (Å²) in [6, 6.07) is 3.69. The van der Waals surface area contributed by atoms with Crippen LogP contribution in [0.3, 0.4) is 0 Å². The average molecular weight is 329 g/mol. The highest BCUT2D eigenvalue weighted by Gasteiger charge is 2.29. The molecular weight excluding hydrogens is 314 g/mol. The van der Waals surface area contributed by atoms with Crippen molar-refractivity contribution >= 4 is 27.3 Å². The van der Waals surface area contributed by atoms with Gasteiger partial charge < -0.3 is 4.74 Å². The highest BCUT2D eigenvalue weighted by atomic mass is 32.2. The summed E-state index contributed by atoms with van der Waals surface area (Å²) in [5, 5.41) is 7.63. The summed E-state index contributed by atoms with van der Waals surface area (Å²) in [5.41, 5.74) is -0.0881. The molecule has 0 aromatic carbocycles. The quantitative estimate of drug-likeness (QED) is 0.810. The van der Waals surface area contributed by atoms with Crippen molar-refractivity contribution in [3.05, 3.63) is 34.2 Å². The van der Waals surface area contributed by atoms with Crippen molar-refractivity contribution in [3.63, 3.8) is 0 Å². The molecule has 0 radical (unpaired) electrons. The monoisotopic (exact) mass is 329 g/mol. The van der Waals surface area contributed by atoms with Crippen LogP contribution >= 0.6 is 11.3 Å². The van der Waals surface area contributed by atoms with Crippen molar-refractivity contribution in [3.8, 4) is 0 Å². The third-order valence-corrected chi connectivity index (χ3v) is 5.36. The van der Waals surface area contributed by atoms with Crippen molar-refractivity contribution in [2.45, 2.75) is 18.5 Å². The van der Waals surface area contributed by atoms with Crippen LogP contribution in [0.25, 0.3) is 0 Å². The highest BCUT2D eigenvalue weighted by molar-refractivity contribution is 7.89. The summed E-state index contributed by atoms with van der Waals surface area (Å²) >= 11 is 1.46. The Labute approximate surface area is 126 Å². The fourth-order valence-electron chi connectivity index (χ4n) is 1.69. The van der Waals surface area contributed by atoms with Gasteiger partial charge in [-0.05, 0) is 18.4 Å². The summed E-state index contributed by atoms with van der Waals surface area (Å²) in [6.07, 6.45) is 1.16. The van der Waals surface area contributed by atoms with Gasteiger partial charge in [-0.25, -0.2) is 13.2 Å². The Balaban J connectivity index is 2.27. The number of H-pyrrole nitrogens is 1. The predicted molar refractivity (Wildman–Crippen MR) is 77.5 cm³/mol. The van der Waals surface area contributed by atoms with Crippen molar-refractivity contribution in [2.24, 2.45) is 0 Å². The van der Waals surface area contributed by atoms with Crippen LogP contribution in [0.2, 0.25) is 0 Å². The lowest BCUT2D eigenvalue weighted by molar-refractivity contribution is 0.0521. The van der Waals surface area contributed by atoms with Gasteiger partial charge in [-0.15, -0.1) is 11.3 Å². The predicted octanol–water partition coefficient (Wildman–Crippen LogP) is 1.47. The number of hydrogen-bond donors (Lipinski definition) is 1. The number of aromatic nitrogens is 2. The molecule has 0 unspecified atom stereocenters. The maximum atomic E-state index is 12.5. The van der Waals surface area contributed by atoms with E-state index in [0.717, 1.165) is 15.4 Å². The molecule has 7 nitrogen and oxygen atoms in total. The second-order valence-electron chi connectivity index (χ2n) is 4.17. The SMILES string of the molecule is CCOC(=O)c1cn[nH]c1S(=O)(=O)N(C)Cc1cccs1. The van der Waals surface area contributed by atoms with Gasteiger partial charge in [-0.1, -0.05) is 6.07 Å². The molecule has 2 aromatic rings. The third kappa shape index (κ3) is 3.31. The topological polar surface area (TPSA) is 92.4 Å². The number of sulfonamides is 1. The number of nitrogens with one attached hydrogen (secondary N) is 1. The molecule has 0 saturated carbocycles. The maximum absolute atomic E-state index is 12.5. The molecule has 0 aliphatic rings. The van der Waals surface area contributed by atoms with Crippen LogP contribution in [0.4, 0.5) is 0 Å². The minimum atomic E-state index is -3.84. The Morgan fingerprint density at radius 1 is 1.52 bits per heavy atom. The molecule has 1 N–H and O–H groups in total. The zero-order valence-corrected chi connectivity index (χ0v) is 13.2. The first kappa shape index (κ1) is 15.7. The van der Waals surface area contributed by atoms with Crippen LogP contribution in [-0.2, 0) is 21.3 Å². The molecule has 0 amide bonds. The summed E-state index contributed by atoms with van der Waals surface area (Å²) < 4.78 is 31.0. The summed E-state index contributed by atoms with van der Waals surface area (Å²) in [4.78, 5) is 12.7. The molecule has 2 heterocycles. The van der Waals surface area contributed by atoms with Gasteiger partial charge in [0, 0.05) is 18.5 Å². The molecular formula is C12H15N3O4S2. The molecule has 0 aliphatic heterocycles. The molecule has 0 saturated heterocycles. The molecule has 2 aromatic heterocycles. The van der Waals surface area contributed by atoms with Gasteiger partial charge in [0.05, 0.1) is 12.8 Å². The van der Waals surface area contributed by atoms with E-state index in [0.29, 0.717) is 0 Å². The van der Waals surface area contributed by atoms with Gasteiger partial charge in [0.25, 0.3) is 10.0 Å². The van der Waals surface area contributed by atoms with E-state index >= 15 is 0 Å². The number of carbonyl (C=O) groups is 1. The molecule has 114 valence electrons. The Bertz CT molecular complexity index is 707. The number of hydrogen-bond acceptors (Lipinski definition) is 6. The number of rotatable bonds is 6. The molecule has 21 heavy (non-hydrogen) atoms. The highest BCUT2D eigenvalue weighted by Crippen LogP contribution is 2.20. The lowest BCUT2D eigenvalue weighted by atomic mass is 10.4. The van der Waals surface area contributed by atoms with Crippen LogP contribution in [0, 0.1) is 0 Å².